The third-order valence-electron chi connectivity index (χ3n) is 2.79. The van der Waals surface area contributed by atoms with Crippen molar-refractivity contribution >= 4 is 5.82 Å². The molecule has 17 heavy (non-hydrogen) atoms. The fourth-order valence-corrected chi connectivity index (χ4v) is 1.84. The predicted molar refractivity (Wildman–Crippen MR) is 70.0 cm³/mol. The van der Waals surface area contributed by atoms with Gasteiger partial charge in [-0.2, -0.15) is 0 Å². The van der Waals surface area contributed by atoms with Crippen molar-refractivity contribution in [1.82, 2.24) is 4.98 Å². The molecule has 0 bridgehead atoms. The van der Waals surface area contributed by atoms with Crippen molar-refractivity contribution in [3.05, 3.63) is 42.1 Å². The third-order valence-corrected chi connectivity index (χ3v) is 2.79. The van der Waals surface area contributed by atoms with Gasteiger partial charge in [-0.1, -0.05) is 19.1 Å². The van der Waals surface area contributed by atoms with Crippen LogP contribution in [0.1, 0.15) is 12.5 Å². The van der Waals surface area contributed by atoms with Gasteiger partial charge in [-0.15, -0.1) is 0 Å². The number of methoxy groups -OCH3 is 1. The van der Waals surface area contributed by atoms with Gasteiger partial charge >= 0.3 is 0 Å². The summed E-state index contributed by atoms with van der Waals surface area (Å²) in [5.74, 6) is 1.43. The molecule has 0 aliphatic carbocycles. The minimum absolute atomic E-state index is 0.569. The average molecular weight is 228 g/mol. The molecular weight excluding hydrogens is 212 g/mol. The summed E-state index contributed by atoms with van der Waals surface area (Å²) >= 11 is 0. The Morgan fingerprint density at radius 1 is 1.24 bits per heavy atom. The number of nitrogens with zero attached hydrogens (tertiary/aromatic N) is 1. The molecule has 2 rings (SSSR count). The maximum Gasteiger partial charge on any atom is 0.123 e. The molecule has 0 unspecified atom stereocenters. The van der Waals surface area contributed by atoms with Gasteiger partial charge in [0, 0.05) is 11.8 Å². The first-order chi connectivity index (χ1) is 8.24. The SMILES string of the molecule is CCc1cc(N)ncc1-c1ccc(OC)cc1. The fraction of sp³-hybridized carbons (Fsp3) is 0.214. The zero-order valence-corrected chi connectivity index (χ0v) is 10.1. The van der Waals surface area contributed by atoms with Crippen LogP contribution in [0, 0.1) is 0 Å². The number of rotatable bonds is 3. The molecule has 2 aromatic rings. The lowest BCUT2D eigenvalue weighted by Gasteiger charge is -2.09. The van der Waals surface area contributed by atoms with Crippen LogP contribution in [-0.2, 0) is 6.42 Å². The first-order valence-corrected chi connectivity index (χ1v) is 5.63. The van der Waals surface area contributed by atoms with Crippen LogP contribution in [0.4, 0.5) is 5.82 Å². The molecule has 1 heterocycles. The summed E-state index contributed by atoms with van der Waals surface area (Å²) in [4.78, 5) is 4.15. The Bertz CT molecular complexity index is 506. The van der Waals surface area contributed by atoms with Crippen molar-refractivity contribution in [2.45, 2.75) is 13.3 Å². The first-order valence-electron chi connectivity index (χ1n) is 5.63. The van der Waals surface area contributed by atoms with Gasteiger partial charge in [-0.3, -0.25) is 0 Å². The second-order valence-electron chi connectivity index (χ2n) is 3.85. The highest BCUT2D eigenvalue weighted by molar-refractivity contribution is 5.68. The number of nitrogen functional groups attached to an aromatic ring is 1. The van der Waals surface area contributed by atoms with E-state index in [4.69, 9.17) is 10.5 Å². The smallest absolute Gasteiger partial charge is 0.123 e. The number of anilines is 1. The fourth-order valence-electron chi connectivity index (χ4n) is 1.84. The number of benzene rings is 1. The van der Waals surface area contributed by atoms with E-state index in [0.717, 1.165) is 23.3 Å². The van der Waals surface area contributed by atoms with E-state index in [0.29, 0.717) is 5.82 Å². The first kappa shape index (κ1) is 11.5. The normalized spacial score (nSPS) is 10.2. The van der Waals surface area contributed by atoms with Crippen LogP contribution >= 0.6 is 0 Å². The zero-order chi connectivity index (χ0) is 12.3. The van der Waals surface area contributed by atoms with Gasteiger partial charge in [0.15, 0.2) is 0 Å². The Hall–Kier alpha value is -2.03. The van der Waals surface area contributed by atoms with Crippen LogP contribution in [0.15, 0.2) is 36.5 Å². The highest BCUT2D eigenvalue weighted by Crippen LogP contribution is 2.26. The summed E-state index contributed by atoms with van der Waals surface area (Å²) in [5, 5.41) is 0. The van der Waals surface area contributed by atoms with E-state index in [1.807, 2.05) is 36.5 Å². The predicted octanol–water partition coefficient (Wildman–Crippen LogP) is 2.90. The Morgan fingerprint density at radius 3 is 2.53 bits per heavy atom. The van der Waals surface area contributed by atoms with E-state index in [2.05, 4.69) is 11.9 Å². The molecule has 0 amide bonds. The summed E-state index contributed by atoms with van der Waals surface area (Å²) in [6.45, 7) is 2.11. The van der Waals surface area contributed by atoms with Crippen LogP contribution < -0.4 is 10.5 Å². The Morgan fingerprint density at radius 2 is 1.94 bits per heavy atom. The van der Waals surface area contributed by atoms with Crippen LogP contribution in [-0.4, -0.2) is 12.1 Å². The molecule has 0 saturated carbocycles. The molecule has 1 aromatic heterocycles. The molecule has 0 spiro atoms. The number of nitrogens with two attached hydrogens (primary N) is 1. The van der Waals surface area contributed by atoms with Crippen LogP contribution in [0.5, 0.6) is 5.75 Å². The van der Waals surface area contributed by atoms with E-state index in [9.17, 15) is 0 Å². The summed E-state index contributed by atoms with van der Waals surface area (Å²) in [6.07, 6.45) is 2.77. The number of hydrogen-bond donors (Lipinski definition) is 1. The largest absolute Gasteiger partial charge is 0.497 e. The van der Waals surface area contributed by atoms with Gasteiger partial charge in [-0.25, -0.2) is 4.98 Å². The summed E-state index contributed by atoms with van der Waals surface area (Å²) < 4.78 is 5.15. The van der Waals surface area contributed by atoms with Gasteiger partial charge < -0.3 is 10.5 Å². The monoisotopic (exact) mass is 228 g/mol. The summed E-state index contributed by atoms with van der Waals surface area (Å²) in [6, 6.07) is 9.90. The summed E-state index contributed by atoms with van der Waals surface area (Å²) in [7, 11) is 1.66. The van der Waals surface area contributed by atoms with Gasteiger partial charge in [0.05, 0.1) is 7.11 Å². The van der Waals surface area contributed by atoms with E-state index >= 15 is 0 Å². The topological polar surface area (TPSA) is 48.1 Å². The molecule has 0 radical (unpaired) electrons. The number of aryl methyl sites for hydroxylation is 1. The molecular formula is C14H16N2O. The number of hydrogen-bond acceptors (Lipinski definition) is 3. The second-order valence-corrected chi connectivity index (χ2v) is 3.85. The lowest BCUT2D eigenvalue weighted by molar-refractivity contribution is 0.415. The molecule has 0 fully saturated rings. The van der Waals surface area contributed by atoms with Gasteiger partial charge in [0.25, 0.3) is 0 Å². The maximum atomic E-state index is 5.70. The molecule has 2 N–H and O–H groups in total. The quantitative estimate of drug-likeness (QED) is 0.878. The Kier molecular flexibility index (Phi) is 3.28. The number of aromatic nitrogens is 1. The highest BCUT2D eigenvalue weighted by Gasteiger charge is 2.05. The lowest BCUT2D eigenvalue weighted by Crippen LogP contribution is -1.95. The van der Waals surface area contributed by atoms with Crippen LogP contribution in [0.25, 0.3) is 11.1 Å². The Labute approximate surface area is 101 Å². The minimum Gasteiger partial charge on any atom is -0.497 e. The van der Waals surface area contributed by atoms with E-state index in [1.54, 1.807) is 7.11 Å². The third kappa shape index (κ3) is 2.38. The van der Waals surface area contributed by atoms with E-state index in [1.165, 1.54) is 5.56 Å². The van der Waals surface area contributed by atoms with Crippen molar-refractivity contribution < 1.29 is 4.74 Å². The van der Waals surface area contributed by atoms with E-state index in [-0.39, 0.29) is 0 Å². The van der Waals surface area contributed by atoms with Crippen molar-refractivity contribution in [2.24, 2.45) is 0 Å². The van der Waals surface area contributed by atoms with Crippen molar-refractivity contribution in [3.8, 4) is 16.9 Å². The van der Waals surface area contributed by atoms with Gasteiger partial charge in [0.2, 0.25) is 0 Å². The number of pyridine rings is 1. The molecule has 0 saturated heterocycles. The molecule has 0 aliphatic heterocycles. The van der Waals surface area contributed by atoms with E-state index < -0.39 is 0 Å². The Balaban J connectivity index is 2.44. The van der Waals surface area contributed by atoms with Crippen molar-refractivity contribution in [3.63, 3.8) is 0 Å². The molecule has 3 heteroatoms. The number of ether oxygens (including phenoxy) is 1. The van der Waals surface area contributed by atoms with Gasteiger partial charge in [-0.05, 0) is 35.7 Å². The molecule has 1 aromatic carbocycles. The van der Waals surface area contributed by atoms with Crippen molar-refractivity contribution in [2.75, 3.05) is 12.8 Å². The van der Waals surface area contributed by atoms with Crippen molar-refractivity contribution in [1.29, 1.82) is 0 Å². The minimum atomic E-state index is 0.569. The molecule has 0 aliphatic rings. The summed E-state index contributed by atoms with van der Waals surface area (Å²) in [5.41, 5.74) is 9.17. The standard InChI is InChI=1S/C14H16N2O/c1-3-10-8-14(15)16-9-13(10)11-4-6-12(17-2)7-5-11/h4-9H,3H2,1-2H3,(H2,15,16). The molecule has 3 nitrogen and oxygen atoms in total. The van der Waals surface area contributed by atoms with Crippen LogP contribution in [0.2, 0.25) is 0 Å². The molecule has 0 atom stereocenters. The molecule has 88 valence electrons. The van der Waals surface area contributed by atoms with Crippen LogP contribution in [0.3, 0.4) is 0 Å². The maximum absolute atomic E-state index is 5.70. The second kappa shape index (κ2) is 4.87. The lowest BCUT2D eigenvalue weighted by atomic mass is 10.0. The van der Waals surface area contributed by atoms with Gasteiger partial charge in [0.1, 0.15) is 11.6 Å². The zero-order valence-electron chi connectivity index (χ0n) is 10.1. The highest BCUT2D eigenvalue weighted by atomic mass is 16.5. The average Bonchev–Trinajstić information content (AvgIpc) is 2.39.